The number of para-hydroxylation sites is 1. The van der Waals surface area contributed by atoms with Gasteiger partial charge in [-0.1, -0.05) is 46.9 Å². The Morgan fingerprint density at radius 3 is 1.93 bits per heavy atom. The van der Waals surface area contributed by atoms with Crippen LogP contribution in [0.5, 0.6) is 0 Å². The molecular formula is C26H32Cl3N3O11. The van der Waals surface area contributed by atoms with E-state index >= 15 is 0 Å². The van der Waals surface area contributed by atoms with Crippen molar-refractivity contribution in [1.82, 2.24) is 5.32 Å². The van der Waals surface area contributed by atoms with Gasteiger partial charge in [0.15, 0.2) is 12.2 Å². The van der Waals surface area contributed by atoms with Gasteiger partial charge in [-0.25, -0.2) is 4.79 Å². The van der Waals surface area contributed by atoms with E-state index < -0.39 is 82.5 Å². The van der Waals surface area contributed by atoms with Crippen LogP contribution < -0.4 is 10.6 Å². The molecule has 0 aromatic heterocycles. The van der Waals surface area contributed by atoms with E-state index in [1.807, 2.05) is 0 Å². The van der Waals surface area contributed by atoms with Crippen molar-refractivity contribution in [1.29, 1.82) is 5.41 Å². The molecule has 0 unspecified atom stereocenters. The molecule has 3 N–H and O–H groups in total. The SMILES string of the molecule is CC(=O)O[C@@H]1[C@@H](OC(C)=O)[C@@H](OC(=N)C(Cl)(Cl)Cl)O[C@H](CNC(=O)c2ccccc2NC(=O)OC(C)(C)C)[C@H]1OC(C)=O. The second-order valence-corrected chi connectivity index (χ2v) is 12.4. The maximum Gasteiger partial charge on any atom is 0.412 e. The Labute approximate surface area is 262 Å². The van der Waals surface area contributed by atoms with Crippen LogP contribution in [0, 0.1) is 5.41 Å². The smallest absolute Gasteiger partial charge is 0.412 e. The summed E-state index contributed by atoms with van der Waals surface area (Å²) in [6, 6.07) is 6.05. The third-order valence-electron chi connectivity index (χ3n) is 5.26. The number of nitrogens with one attached hydrogen (secondary N) is 3. The number of hydrogen-bond donors (Lipinski definition) is 3. The summed E-state index contributed by atoms with van der Waals surface area (Å²) in [5.41, 5.74) is -0.632. The molecule has 0 spiro atoms. The Kier molecular flexibility index (Phi) is 12.4. The molecule has 1 aliphatic heterocycles. The van der Waals surface area contributed by atoms with Gasteiger partial charge in [0.25, 0.3) is 9.70 Å². The maximum absolute atomic E-state index is 13.2. The lowest BCUT2D eigenvalue weighted by molar-refractivity contribution is -0.285. The molecule has 2 amide bonds. The van der Waals surface area contributed by atoms with Crippen molar-refractivity contribution in [2.45, 2.75) is 81.6 Å². The van der Waals surface area contributed by atoms with Crippen LogP contribution in [0.1, 0.15) is 51.9 Å². The standard InChI is InChI=1S/C26H32Cl3N3O11/c1-12(33)38-18-17(11-31-21(36)15-9-7-8-10-16(15)32-24(37)43-25(4,5)6)41-22(42-23(30)26(27,28)29)20(40-14(3)35)19(18)39-13(2)34/h7-10,17-20,22,30H,11H2,1-6H3,(H,31,36)(H,32,37)/t17-,18-,19+,20-,22-/m1/s1. The molecule has 1 aromatic carbocycles. The highest BCUT2D eigenvalue weighted by Crippen LogP contribution is 2.33. The molecule has 2 rings (SSSR count). The second-order valence-electron chi connectivity index (χ2n) is 10.1. The van der Waals surface area contributed by atoms with Crippen molar-refractivity contribution in [3.63, 3.8) is 0 Å². The molecule has 238 valence electrons. The Morgan fingerprint density at radius 2 is 1.40 bits per heavy atom. The average Bonchev–Trinajstić information content (AvgIpc) is 2.84. The van der Waals surface area contributed by atoms with Crippen LogP contribution in [0.4, 0.5) is 10.5 Å². The number of halogens is 3. The first-order valence-corrected chi connectivity index (χ1v) is 13.8. The minimum atomic E-state index is -2.36. The number of alkyl halides is 3. The molecule has 0 bridgehead atoms. The normalized spacial score (nSPS) is 21.9. The van der Waals surface area contributed by atoms with Gasteiger partial charge < -0.3 is 33.7 Å². The first-order chi connectivity index (χ1) is 19.8. The van der Waals surface area contributed by atoms with Crippen molar-refractivity contribution in [2.75, 3.05) is 11.9 Å². The lowest BCUT2D eigenvalue weighted by Crippen LogP contribution is -2.64. The second kappa shape index (κ2) is 14.9. The summed E-state index contributed by atoms with van der Waals surface area (Å²) in [5.74, 6) is -4.20. The molecular weight excluding hydrogens is 637 g/mol. The quantitative estimate of drug-likeness (QED) is 0.121. The number of amides is 2. The fourth-order valence-corrected chi connectivity index (χ4v) is 3.92. The van der Waals surface area contributed by atoms with Gasteiger partial charge in [-0.15, -0.1) is 0 Å². The summed E-state index contributed by atoms with van der Waals surface area (Å²) in [6.45, 7) is 7.78. The van der Waals surface area contributed by atoms with E-state index in [0.29, 0.717) is 0 Å². The number of hydrogen-bond acceptors (Lipinski definition) is 12. The van der Waals surface area contributed by atoms with Crippen molar-refractivity contribution < 1.29 is 52.4 Å². The number of esters is 3. The molecule has 1 fully saturated rings. The summed E-state index contributed by atoms with van der Waals surface area (Å²) < 4.78 is 30.0. The fraction of sp³-hybridized carbons (Fsp3) is 0.538. The van der Waals surface area contributed by atoms with Gasteiger partial charge in [0, 0.05) is 27.3 Å². The number of anilines is 1. The Bertz CT molecular complexity index is 1230. The van der Waals surface area contributed by atoms with Crippen molar-refractivity contribution in [2.24, 2.45) is 0 Å². The topological polar surface area (TPSA) is 189 Å². The van der Waals surface area contributed by atoms with E-state index in [0.717, 1.165) is 20.8 Å². The van der Waals surface area contributed by atoms with Crippen LogP contribution in [0.3, 0.4) is 0 Å². The summed E-state index contributed by atoms with van der Waals surface area (Å²) in [4.78, 5) is 61.5. The maximum atomic E-state index is 13.2. The Balaban J connectivity index is 2.41. The van der Waals surface area contributed by atoms with Crippen LogP contribution in [-0.2, 0) is 42.8 Å². The molecule has 0 saturated carbocycles. The van der Waals surface area contributed by atoms with Gasteiger partial charge in [-0.05, 0) is 32.9 Å². The molecule has 5 atom stereocenters. The van der Waals surface area contributed by atoms with Crippen LogP contribution in [-0.4, -0.2) is 82.5 Å². The highest BCUT2D eigenvalue weighted by Gasteiger charge is 2.54. The van der Waals surface area contributed by atoms with Gasteiger partial charge in [-0.3, -0.25) is 29.9 Å². The highest BCUT2D eigenvalue weighted by molar-refractivity contribution is 6.76. The van der Waals surface area contributed by atoms with Gasteiger partial charge >= 0.3 is 24.0 Å². The number of rotatable bonds is 8. The largest absolute Gasteiger partial charge is 0.456 e. The van der Waals surface area contributed by atoms with Crippen molar-refractivity contribution in [3.05, 3.63) is 29.8 Å². The first-order valence-electron chi connectivity index (χ1n) is 12.6. The zero-order valence-electron chi connectivity index (χ0n) is 24.0. The molecule has 1 saturated heterocycles. The Hall–Kier alpha value is -3.33. The predicted molar refractivity (Wildman–Crippen MR) is 153 cm³/mol. The Morgan fingerprint density at radius 1 is 0.860 bits per heavy atom. The van der Waals surface area contributed by atoms with Crippen LogP contribution in [0.2, 0.25) is 0 Å². The van der Waals surface area contributed by atoms with E-state index in [1.165, 1.54) is 12.1 Å². The summed E-state index contributed by atoms with van der Waals surface area (Å²) >= 11 is 17.2. The minimum Gasteiger partial charge on any atom is -0.456 e. The van der Waals surface area contributed by atoms with E-state index in [4.69, 9.17) is 68.6 Å². The molecule has 1 heterocycles. The summed E-state index contributed by atoms with van der Waals surface area (Å²) in [6.07, 6.45) is -8.47. The fourth-order valence-electron chi connectivity index (χ4n) is 3.79. The van der Waals surface area contributed by atoms with Gasteiger partial charge in [0.1, 0.15) is 11.7 Å². The number of carbonyl (C=O) groups excluding carboxylic acids is 5. The van der Waals surface area contributed by atoms with Crippen LogP contribution >= 0.6 is 34.8 Å². The van der Waals surface area contributed by atoms with Crippen molar-refractivity contribution in [3.8, 4) is 0 Å². The molecule has 43 heavy (non-hydrogen) atoms. The van der Waals surface area contributed by atoms with E-state index in [-0.39, 0.29) is 11.3 Å². The molecule has 1 aromatic rings. The lowest BCUT2D eigenvalue weighted by Gasteiger charge is -2.44. The van der Waals surface area contributed by atoms with Crippen molar-refractivity contribution >= 4 is 76.3 Å². The average molecular weight is 669 g/mol. The van der Waals surface area contributed by atoms with Gasteiger partial charge in [0.2, 0.25) is 18.3 Å². The van der Waals surface area contributed by atoms with Crippen LogP contribution in [0.25, 0.3) is 0 Å². The number of ether oxygens (including phenoxy) is 6. The van der Waals surface area contributed by atoms with E-state index in [1.54, 1.807) is 32.9 Å². The number of carbonyl (C=O) groups is 5. The zero-order valence-corrected chi connectivity index (χ0v) is 26.3. The molecule has 14 nitrogen and oxygen atoms in total. The summed E-state index contributed by atoms with van der Waals surface area (Å²) in [5, 5.41) is 13.0. The molecule has 0 radical (unpaired) electrons. The van der Waals surface area contributed by atoms with Gasteiger partial charge in [0.05, 0.1) is 11.3 Å². The van der Waals surface area contributed by atoms with E-state index in [2.05, 4.69) is 10.6 Å². The third-order valence-corrected chi connectivity index (χ3v) is 5.77. The minimum absolute atomic E-state index is 0.0355. The van der Waals surface area contributed by atoms with Crippen LogP contribution in [0.15, 0.2) is 24.3 Å². The monoisotopic (exact) mass is 667 g/mol. The summed E-state index contributed by atoms with van der Waals surface area (Å²) in [7, 11) is 0. The number of benzene rings is 1. The first kappa shape index (κ1) is 35.9. The lowest BCUT2D eigenvalue weighted by atomic mass is 9.97. The van der Waals surface area contributed by atoms with Gasteiger partial charge in [-0.2, -0.15) is 0 Å². The third kappa shape index (κ3) is 11.4. The van der Waals surface area contributed by atoms with E-state index in [9.17, 15) is 24.0 Å². The zero-order chi connectivity index (χ0) is 32.7. The molecule has 1 aliphatic rings. The molecule has 17 heteroatoms. The predicted octanol–water partition coefficient (Wildman–Crippen LogP) is 3.65. The molecule has 0 aliphatic carbocycles. The highest BCUT2D eigenvalue weighted by atomic mass is 35.6.